The van der Waals surface area contributed by atoms with Crippen LogP contribution in [0.25, 0.3) is 0 Å². The average Bonchev–Trinajstić information content (AvgIpc) is 3.76. The molecule has 0 radical (unpaired) electrons. The Balaban J connectivity index is 1.16. The molecule has 1 heterocycles. The number of benzene rings is 2. The quantitative estimate of drug-likeness (QED) is 0.158. The van der Waals surface area contributed by atoms with Gasteiger partial charge in [0, 0.05) is 17.5 Å². The van der Waals surface area contributed by atoms with Gasteiger partial charge in [-0.1, -0.05) is 61.0 Å². The lowest BCUT2D eigenvalue weighted by Gasteiger charge is -2.58. The fraction of sp³-hybridized carbons (Fsp3) is 0.574. The van der Waals surface area contributed by atoms with Gasteiger partial charge in [-0.05, 0) is 161 Å². The summed E-state index contributed by atoms with van der Waals surface area (Å²) in [5, 5.41) is 27.7. The van der Waals surface area contributed by atoms with Crippen molar-refractivity contribution >= 4 is 11.8 Å². The van der Waals surface area contributed by atoms with Crippen LogP contribution in [0.2, 0.25) is 0 Å². The minimum atomic E-state index is -1.19. The Morgan fingerprint density at radius 1 is 0.944 bits per heavy atom. The number of hydrogen-bond acceptors (Lipinski definition) is 5. The number of carbonyl (C=O) groups is 2. The summed E-state index contributed by atoms with van der Waals surface area (Å²) in [7, 11) is 0. The van der Waals surface area contributed by atoms with Crippen LogP contribution < -0.4 is 5.32 Å². The van der Waals surface area contributed by atoms with Crippen LogP contribution in [0, 0.1) is 28.6 Å². The Morgan fingerprint density at radius 3 is 2.35 bits per heavy atom. The van der Waals surface area contributed by atoms with E-state index >= 15 is 0 Å². The van der Waals surface area contributed by atoms with Crippen LogP contribution >= 0.6 is 0 Å². The van der Waals surface area contributed by atoms with E-state index < -0.39 is 17.1 Å². The van der Waals surface area contributed by atoms with Gasteiger partial charge in [0.1, 0.15) is 0 Å². The van der Waals surface area contributed by atoms with E-state index in [-0.39, 0.29) is 41.5 Å². The summed E-state index contributed by atoms with van der Waals surface area (Å²) in [6, 6.07) is 19.4. The van der Waals surface area contributed by atoms with Crippen LogP contribution in [0.1, 0.15) is 143 Å². The Morgan fingerprint density at radius 2 is 1.67 bits per heavy atom. The second-order valence-electron chi connectivity index (χ2n) is 18.6. The molecule has 288 valence electrons. The van der Waals surface area contributed by atoms with Crippen LogP contribution in [-0.4, -0.2) is 51.7 Å². The highest BCUT2D eigenvalue weighted by Crippen LogP contribution is 2.62. The molecular weight excluding hydrogens is 673 g/mol. The highest BCUT2D eigenvalue weighted by atomic mass is 16.3. The van der Waals surface area contributed by atoms with Crippen molar-refractivity contribution in [3.8, 4) is 0 Å². The van der Waals surface area contributed by atoms with E-state index in [1.807, 2.05) is 36.1 Å². The second kappa shape index (κ2) is 14.8. The summed E-state index contributed by atoms with van der Waals surface area (Å²) in [5.41, 5.74) is 2.99. The molecule has 0 aliphatic heterocycles. The van der Waals surface area contributed by atoms with Gasteiger partial charge in [-0.2, -0.15) is 0 Å². The van der Waals surface area contributed by atoms with Crippen molar-refractivity contribution in [2.24, 2.45) is 28.6 Å². The maximum atomic E-state index is 14.7. The predicted molar refractivity (Wildman–Crippen MR) is 211 cm³/mol. The van der Waals surface area contributed by atoms with E-state index in [1.54, 1.807) is 12.1 Å². The molecule has 0 spiro atoms. The van der Waals surface area contributed by atoms with Gasteiger partial charge in [-0.3, -0.25) is 4.79 Å². The molecule has 7 heteroatoms. The number of hydrogen-bond donors (Lipinski definition) is 3. The largest absolute Gasteiger partial charge is 0.461 e. The molecule has 2 aromatic carbocycles. The van der Waals surface area contributed by atoms with Crippen molar-refractivity contribution < 1.29 is 24.2 Å². The minimum Gasteiger partial charge on any atom is -0.461 e. The molecule has 0 saturated heterocycles. The lowest BCUT2D eigenvalue weighted by molar-refractivity contribution is -0.0985. The molecule has 3 aromatic rings. The molecule has 1 aromatic heterocycles. The molecule has 5 fully saturated rings. The van der Waals surface area contributed by atoms with E-state index in [0.29, 0.717) is 44.2 Å². The number of urea groups is 1. The van der Waals surface area contributed by atoms with Crippen LogP contribution in [-0.2, 0) is 6.42 Å². The lowest BCUT2D eigenvalue weighted by atomic mass is 9.49. The predicted octanol–water partition coefficient (Wildman–Crippen LogP) is 9.54. The summed E-state index contributed by atoms with van der Waals surface area (Å²) < 4.78 is 5.64. The standard InChI is InChI=1S/C47H60N2O5/c1-31-9-7-18-45(3)41(39-16-14-33(24-38(50)15-13-31)25-40(39)43(51)42-12-8-20-54-42)17-19-47(45,53)30-49(44(52)48-32(2)37-10-5-4-6-11-37)29-46-26-34-21-35(27-46)23-36(22-34)28-46/h4-6,8-12,14,16,20,25,32,34-36,38,41,50,53H,7,13,15,17-19,21-24,26-30H2,1-3H3,(H,48,52). The number of furan rings is 1. The van der Waals surface area contributed by atoms with Gasteiger partial charge < -0.3 is 24.8 Å². The Bertz CT molecular complexity index is 1810. The summed E-state index contributed by atoms with van der Waals surface area (Å²) >= 11 is 0. The molecule has 3 N–H and O–H groups in total. The van der Waals surface area contributed by atoms with Crippen LogP contribution in [0.5, 0.6) is 0 Å². The Labute approximate surface area is 321 Å². The third kappa shape index (κ3) is 7.23. The molecule has 7 nitrogen and oxygen atoms in total. The SMILES string of the molecule is CC1=CCCC2(C)C(CCC2(O)CN(CC23CC4CC(CC(C4)C2)C3)C(=O)NC(C)c2ccccc2)c2ccc(cc2C(=O)c2ccco2)CC(O)CC1. The van der Waals surface area contributed by atoms with Gasteiger partial charge in [0.25, 0.3) is 0 Å². The van der Waals surface area contributed by atoms with Gasteiger partial charge in [0.2, 0.25) is 5.78 Å². The fourth-order valence-electron chi connectivity index (χ4n) is 12.2. The van der Waals surface area contributed by atoms with Gasteiger partial charge in [-0.15, -0.1) is 0 Å². The molecule has 6 bridgehead atoms. The first-order valence-corrected chi connectivity index (χ1v) is 20.8. The van der Waals surface area contributed by atoms with Crippen LogP contribution in [0.15, 0.2) is 83.0 Å². The van der Waals surface area contributed by atoms with E-state index in [9.17, 15) is 19.8 Å². The van der Waals surface area contributed by atoms with Crippen LogP contribution in [0.4, 0.5) is 4.79 Å². The number of carbonyl (C=O) groups excluding carboxylic acids is 2. The smallest absolute Gasteiger partial charge is 0.317 e. The topological polar surface area (TPSA) is 103 Å². The number of nitrogens with zero attached hydrogens (tertiary/aromatic N) is 1. The Hall–Kier alpha value is -3.68. The number of amides is 2. The number of aliphatic hydroxyl groups is 2. The number of fused-ring (bicyclic) bond motifs is 8. The van der Waals surface area contributed by atoms with Gasteiger partial charge in [0.15, 0.2) is 5.76 Å². The number of allylic oxidation sites excluding steroid dienone is 2. The number of rotatable bonds is 8. The van der Waals surface area contributed by atoms with E-state index in [4.69, 9.17) is 4.42 Å². The third-order valence-corrected chi connectivity index (χ3v) is 14.7. The maximum absolute atomic E-state index is 14.7. The van der Waals surface area contributed by atoms with E-state index in [2.05, 4.69) is 49.5 Å². The third-order valence-electron chi connectivity index (χ3n) is 14.7. The van der Waals surface area contributed by atoms with Gasteiger partial charge >= 0.3 is 6.03 Å². The first kappa shape index (κ1) is 37.3. The Kier molecular flexibility index (Phi) is 10.2. The molecule has 5 unspecified atom stereocenters. The van der Waals surface area contributed by atoms with E-state index in [0.717, 1.165) is 47.3 Å². The van der Waals surface area contributed by atoms with Gasteiger partial charge in [0.05, 0.1) is 30.6 Å². The molecule has 5 saturated carbocycles. The molecule has 7 aliphatic rings. The van der Waals surface area contributed by atoms with Crippen LogP contribution in [0.3, 0.4) is 0 Å². The van der Waals surface area contributed by atoms with Crippen molar-refractivity contribution in [1.29, 1.82) is 0 Å². The average molecular weight is 733 g/mol. The van der Waals surface area contributed by atoms with Crippen molar-refractivity contribution in [3.63, 3.8) is 0 Å². The van der Waals surface area contributed by atoms with Crippen molar-refractivity contribution in [3.05, 3.63) is 107 Å². The highest BCUT2D eigenvalue weighted by Gasteiger charge is 2.59. The van der Waals surface area contributed by atoms with Crippen molar-refractivity contribution in [1.82, 2.24) is 10.2 Å². The molecule has 54 heavy (non-hydrogen) atoms. The summed E-state index contributed by atoms with van der Waals surface area (Å²) in [6.07, 6.45) is 15.5. The van der Waals surface area contributed by atoms with Crippen molar-refractivity contribution in [2.45, 2.75) is 128 Å². The molecular formula is C47H60N2O5. The lowest BCUT2D eigenvalue weighted by Crippen LogP contribution is -2.59. The fourth-order valence-corrected chi connectivity index (χ4v) is 12.2. The normalized spacial score (nSPS) is 33.8. The highest BCUT2D eigenvalue weighted by molar-refractivity contribution is 6.08. The van der Waals surface area contributed by atoms with E-state index in [1.165, 1.54) is 50.4 Å². The first-order chi connectivity index (χ1) is 25.9. The summed E-state index contributed by atoms with van der Waals surface area (Å²) in [6.45, 7) is 7.32. The number of ketones is 1. The summed E-state index contributed by atoms with van der Waals surface area (Å²) in [5.74, 6) is 2.25. The zero-order valence-corrected chi connectivity index (χ0v) is 32.6. The number of nitrogens with one attached hydrogen (secondary N) is 1. The second-order valence-corrected chi connectivity index (χ2v) is 18.6. The maximum Gasteiger partial charge on any atom is 0.317 e. The molecule has 2 amide bonds. The monoisotopic (exact) mass is 732 g/mol. The molecule has 7 aliphatic carbocycles. The zero-order valence-electron chi connectivity index (χ0n) is 32.6. The minimum absolute atomic E-state index is 0.101. The number of aliphatic hydroxyl groups excluding tert-OH is 1. The first-order valence-electron chi connectivity index (χ1n) is 20.8. The summed E-state index contributed by atoms with van der Waals surface area (Å²) in [4.78, 5) is 30.9. The zero-order chi connectivity index (χ0) is 37.7. The molecule has 10 rings (SSSR count). The van der Waals surface area contributed by atoms with Crippen molar-refractivity contribution in [2.75, 3.05) is 13.1 Å². The van der Waals surface area contributed by atoms with Gasteiger partial charge in [-0.25, -0.2) is 4.79 Å². The molecule has 5 atom stereocenters.